The molecule has 2 aromatic rings. The minimum absolute atomic E-state index is 0.107. The van der Waals surface area contributed by atoms with Crippen LogP contribution in [0.5, 0.6) is 0 Å². The van der Waals surface area contributed by atoms with E-state index in [0.29, 0.717) is 25.3 Å². The van der Waals surface area contributed by atoms with E-state index in [9.17, 15) is 9.59 Å². The highest BCUT2D eigenvalue weighted by molar-refractivity contribution is 5.94. The second-order valence-electron chi connectivity index (χ2n) is 7.40. The summed E-state index contributed by atoms with van der Waals surface area (Å²) >= 11 is 0. The molecule has 0 radical (unpaired) electrons. The predicted octanol–water partition coefficient (Wildman–Crippen LogP) is 1.28. The number of aryl methyl sites for hydroxylation is 1. The van der Waals surface area contributed by atoms with Gasteiger partial charge in [-0.05, 0) is 31.7 Å². The lowest BCUT2D eigenvalue weighted by Gasteiger charge is -2.35. The summed E-state index contributed by atoms with van der Waals surface area (Å²) < 4.78 is 0. The van der Waals surface area contributed by atoms with E-state index in [1.807, 2.05) is 17.0 Å². The van der Waals surface area contributed by atoms with Gasteiger partial charge in [-0.3, -0.25) is 14.7 Å². The van der Waals surface area contributed by atoms with Gasteiger partial charge in [0.05, 0.1) is 0 Å². The van der Waals surface area contributed by atoms with Crippen LogP contribution < -0.4 is 10.2 Å². The Morgan fingerprint density at radius 2 is 1.96 bits per heavy atom. The molecule has 1 fully saturated rings. The molecule has 0 spiro atoms. The second-order valence-corrected chi connectivity index (χ2v) is 7.40. The van der Waals surface area contributed by atoms with Crippen molar-refractivity contribution in [2.24, 2.45) is 0 Å². The Balaban J connectivity index is 1.42. The highest BCUT2D eigenvalue weighted by Crippen LogP contribution is 2.23. The van der Waals surface area contributed by atoms with Crippen LogP contribution >= 0.6 is 0 Å². The molecule has 0 aromatic carbocycles. The number of aromatic amines is 1. The number of anilines is 1. The molecule has 148 valence electrons. The molecule has 2 aliphatic rings. The Hall–Kier alpha value is -2.90. The van der Waals surface area contributed by atoms with E-state index in [1.54, 1.807) is 13.1 Å². The number of rotatable bonds is 4. The van der Waals surface area contributed by atoms with Crippen molar-refractivity contribution in [1.82, 2.24) is 25.4 Å². The van der Waals surface area contributed by atoms with Crippen molar-refractivity contribution in [1.29, 1.82) is 0 Å². The van der Waals surface area contributed by atoms with Crippen LogP contribution in [0, 0.1) is 0 Å². The summed E-state index contributed by atoms with van der Waals surface area (Å²) in [6.07, 6.45) is 5.89. The first-order valence-electron chi connectivity index (χ1n) is 9.92. The molecule has 1 saturated heterocycles. The summed E-state index contributed by atoms with van der Waals surface area (Å²) in [4.78, 5) is 32.8. The molecule has 1 aliphatic heterocycles. The van der Waals surface area contributed by atoms with E-state index in [2.05, 4.69) is 25.4 Å². The molecule has 2 amide bonds. The Bertz CT molecular complexity index is 869. The van der Waals surface area contributed by atoms with Crippen LogP contribution in [0.25, 0.3) is 0 Å². The van der Waals surface area contributed by atoms with Crippen molar-refractivity contribution < 1.29 is 9.59 Å². The van der Waals surface area contributed by atoms with Crippen molar-refractivity contribution in [2.75, 3.05) is 31.1 Å². The molecule has 0 atom stereocenters. The fourth-order valence-electron chi connectivity index (χ4n) is 4.01. The van der Waals surface area contributed by atoms with Crippen molar-refractivity contribution in [3.63, 3.8) is 0 Å². The SMILES string of the molecule is CC(=O)N1CCN(c2ncccc2CNC(=O)c2n[nH]c3c2CCCC3)CC1. The summed E-state index contributed by atoms with van der Waals surface area (Å²) in [5, 5.41) is 10.3. The van der Waals surface area contributed by atoms with Crippen molar-refractivity contribution in [3.8, 4) is 0 Å². The molecule has 0 bridgehead atoms. The van der Waals surface area contributed by atoms with Gasteiger partial charge >= 0.3 is 0 Å². The second kappa shape index (κ2) is 8.00. The third kappa shape index (κ3) is 3.72. The van der Waals surface area contributed by atoms with Crippen molar-refractivity contribution in [2.45, 2.75) is 39.2 Å². The normalized spacial score (nSPS) is 16.6. The number of amides is 2. The molecule has 28 heavy (non-hydrogen) atoms. The van der Waals surface area contributed by atoms with E-state index >= 15 is 0 Å². The summed E-state index contributed by atoms with van der Waals surface area (Å²) in [7, 11) is 0. The number of hydrogen-bond acceptors (Lipinski definition) is 5. The zero-order valence-electron chi connectivity index (χ0n) is 16.2. The lowest BCUT2D eigenvalue weighted by atomic mass is 9.96. The molecular weight excluding hydrogens is 356 g/mol. The highest BCUT2D eigenvalue weighted by atomic mass is 16.2. The monoisotopic (exact) mass is 382 g/mol. The molecule has 8 nitrogen and oxygen atoms in total. The standard InChI is InChI=1S/C20H26N6O2/c1-14(27)25-9-11-26(12-10-25)19-15(5-4-8-21-19)13-22-20(28)18-16-6-2-3-7-17(16)23-24-18/h4-5,8H,2-3,6-7,9-13H2,1H3,(H,22,28)(H,23,24). The van der Waals surface area contributed by atoms with Crippen LogP contribution in [-0.2, 0) is 24.2 Å². The average Bonchev–Trinajstić information content (AvgIpc) is 3.16. The minimum Gasteiger partial charge on any atom is -0.353 e. The van der Waals surface area contributed by atoms with Gasteiger partial charge in [0.1, 0.15) is 5.82 Å². The number of pyridine rings is 1. The predicted molar refractivity (Wildman–Crippen MR) is 105 cm³/mol. The molecule has 0 unspecified atom stereocenters. The van der Waals surface area contributed by atoms with Gasteiger partial charge in [0, 0.05) is 62.7 Å². The summed E-state index contributed by atoms with van der Waals surface area (Å²) in [5.74, 6) is 0.834. The number of nitrogens with zero attached hydrogens (tertiary/aromatic N) is 4. The van der Waals surface area contributed by atoms with Crippen molar-refractivity contribution in [3.05, 3.63) is 40.8 Å². The Kier molecular flexibility index (Phi) is 5.27. The molecule has 2 N–H and O–H groups in total. The maximum Gasteiger partial charge on any atom is 0.272 e. The highest BCUT2D eigenvalue weighted by Gasteiger charge is 2.23. The third-order valence-electron chi connectivity index (χ3n) is 5.60. The van der Waals surface area contributed by atoms with Gasteiger partial charge in [0.15, 0.2) is 5.69 Å². The maximum atomic E-state index is 12.7. The van der Waals surface area contributed by atoms with E-state index in [0.717, 1.165) is 61.4 Å². The van der Waals surface area contributed by atoms with Crippen LogP contribution in [0.1, 0.15) is 47.1 Å². The number of H-pyrrole nitrogens is 1. The van der Waals surface area contributed by atoms with Crippen LogP contribution in [0.15, 0.2) is 18.3 Å². The molecule has 2 aromatic heterocycles. The average molecular weight is 382 g/mol. The first kappa shape index (κ1) is 18.5. The number of carbonyl (C=O) groups is 2. The Morgan fingerprint density at radius 3 is 2.75 bits per heavy atom. The van der Waals surface area contributed by atoms with Gasteiger partial charge < -0.3 is 15.1 Å². The molecule has 8 heteroatoms. The molecule has 0 saturated carbocycles. The quantitative estimate of drug-likeness (QED) is 0.831. The molecule has 3 heterocycles. The molecular formula is C20H26N6O2. The van der Waals surface area contributed by atoms with E-state index < -0.39 is 0 Å². The number of aromatic nitrogens is 3. The van der Waals surface area contributed by atoms with Gasteiger partial charge in [-0.1, -0.05) is 6.07 Å². The Morgan fingerprint density at radius 1 is 1.18 bits per heavy atom. The largest absolute Gasteiger partial charge is 0.353 e. The fraction of sp³-hybridized carbons (Fsp3) is 0.500. The zero-order valence-corrected chi connectivity index (χ0v) is 16.2. The summed E-state index contributed by atoms with van der Waals surface area (Å²) in [6.45, 7) is 4.87. The van der Waals surface area contributed by atoms with E-state index in [4.69, 9.17) is 0 Å². The van der Waals surface area contributed by atoms with Crippen LogP contribution in [0.3, 0.4) is 0 Å². The smallest absolute Gasteiger partial charge is 0.272 e. The van der Waals surface area contributed by atoms with Crippen LogP contribution in [-0.4, -0.2) is 58.1 Å². The number of carbonyl (C=O) groups excluding carboxylic acids is 2. The zero-order chi connectivity index (χ0) is 19.5. The number of piperazine rings is 1. The lowest BCUT2D eigenvalue weighted by molar-refractivity contribution is -0.129. The van der Waals surface area contributed by atoms with Gasteiger partial charge in [-0.15, -0.1) is 0 Å². The third-order valence-corrected chi connectivity index (χ3v) is 5.60. The first-order chi connectivity index (χ1) is 13.6. The number of nitrogens with one attached hydrogen (secondary N) is 2. The molecule has 4 rings (SSSR count). The van der Waals surface area contributed by atoms with Gasteiger partial charge in [0.25, 0.3) is 5.91 Å². The maximum absolute atomic E-state index is 12.7. The van der Waals surface area contributed by atoms with E-state index in [-0.39, 0.29) is 11.8 Å². The Labute approximate surface area is 164 Å². The van der Waals surface area contributed by atoms with Crippen molar-refractivity contribution >= 4 is 17.6 Å². The number of hydrogen-bond donors (Lipinski definition) is 2. The summed E-state index contributed by atoms with van der Waals surface area (Å²) in [5.41, 5.74) is 3.66. The molecule has 1 aliphatic carbocycles. The summed E-state index contributed by atoms with van der Waals surface area (Å²) in [6, 6.07) is 3.87. The van der Waals surface area contributed by atoms with Gasteiger partial charge in [-0.25, -0.2) is 4.98 Å². The van der Waals surface area contributed by atoms with Gasteiger partial charge in [0.2, 0.25) is 5.91 Å². The minimum atomic E-state index is -0.143. The van der Waals surface area contributed by atoms with Crippen LogP contribution in [0.2, 0.25) is 0 Å². The first-order valence-corrected chi connectivity index (χ1v) is 9.92. The fourth-order valence-corrected chi connectivity index (χ4v) is 4.01. The van der Waals surface area contributed by atoms with E-state index in [1.165, 1.54) is 0 Å². The topological polar surface area (TPSA) is 94.2 Å². The van der Waals surface area contributed by atoms with Gasteiger partial charge in [-0.2, -0.15) is 5.10 Å². The lowest BCUT2D eigenvalue weighted by Crippen LogP contribution is -2.48. The number of fused-ring (bicyclic) bond motifs is 1. The van der Waals surface area contributed by atoms with Crippen LogP contribution in [0.4, 0.5) is 5.82 Å².